The van der Waals surface area contributed by atoms with Crippen molar-refractivity contribution in [2.45, 2.75) is 13.8 Å². The number of rotatable bonds is 3. The van der Waals surface area contributed by atoms with E-state index in [0.29, 0.717) is 43.1 Å². The lowest BCUT2D eigenvalue weighted by Gasteiger charge is -2.27. The summed E-state index contributed by atoms with van der Waals surface area (Å²) in [6, 6.07) is 7.15. The number of pyridine rings is 1. The van der Waals surface area contributed by atoms with Crippen molar-refractivity contribution in [3.05, 3.63) is 52.8 Å². The summed E-state index contributed by atoms with van der Waals surface area (Å²) in [4.78, 5) is 31.7. The van der Waals surface area contributed by atoms with Gasteiger partial charge in [0.15, 0.2) is 5.65 Å². The van der Waals surface area contributed by atoms with Gasteiger partial charge in [0.25, 0.3) is 11.8 Å². The number of aromatic nitrogens is 3. The van der Waals surface area contributed by atoms with Crippen LogP contribution in [0.25, 0.3) is 11.0 Å². The predicted molar refractivity (Wildman–Crippen MR) is 109 cm³/mol. The molecule has 8 heteroatoms. The largest absolute Gasteiger partial charge is 0.378 e. The van der Waals surface area contributed by atoms with Crippen LogP contribution in [0.2, 0.25) is 0 Å². The van der Waals surface area contributed by atoms with E-state index in [9.17, 15) is 9.59 Å². The van der Waals surface area contributed by atoms with E-state index in [0.717, 1.165) is 22.3 Å². The molecule has 1 N–H and O–H groups in total. The first-order chi connectivity index (χ1) is 13.9. The summed E-state index contributed by atoms with van der Waals surface area (Å²) in [5, 5.41) is 8.04. The highest BCUT2D eigenvalue weighted by Gasteiger charge is 2.21. The zero-order valence-electron chi connectivity index (χ0n) is 16.7. The van der Waals surface area contributed by atoms with Crippen molar-refractivity contribution in [3.8, 4) is 0 Å². The Morgan fingerprint density at radius 3 is 2.66 bits per heavy atom. The van der Waals surface area contributed by atoms with Crippen molar-refractivity contribution in [1.82, 2.24) is 19.7 Å². The Balaban J connectivity index is 1.57. The molecule has 1 fully saturated rings. The van der Waals surface area contributed by atoms with E-state index in [1.807, 2.05) is 27.0 Å². The zero-order valence-corrected chi connectivity index (χ0v) is 16.7. The first-order valence-electron chi connectivity index (χ1n) is 9.52. The van der Waals surface area contributed by atoms with Crippen molar-refractivity contribution >= 4 is 28.5 Å². The van der Waals surface area contributed by atoms with Crippen LogP contribution >= 0.6 is 0 Å². The van der Waals surface area contributed by atoms with Gasteiger partial charge in [-0.25, -0.2) is 4.98 Å². The molecule has 4 rings (SSSR count). The van der Waals surface area contributed by atoms with Crippen LogP contribution in [-0.4, -0.2) is 57.8 Å². The third kappa shape index (κ3) is 3.71. The van der Waals surface area contributed by atoms with Gasteiger partial charge in [-0.15, -0.1) is 0 Å². The summed E-state index contributed by atoms with van der Waals surface area (Å²) in [7, 11) is 1.82. The maximum absolute atomic E-state index is 12.9. The predicted octanol–water partition coefficient (Wildman–Crippen LogP) is 2.31. The van der Waals surface area contributed by atoms with Gasteiger partial charge < -0.3 is 15.0 Å². The van der Waals surface area contributed by atoms with E-state index in [1.54, 1.807) is 27.8 Å². The number of anilines is 1. The molecule has 2 aromatic heterocycles. The average molecular weight is 393 g/mol. The fourth-order valence-corrected chi connectivity index (χ4v) is 3.50. The number of fused-ring (bicyclic) bond motifs is 1. The molecular formula is C21H23N5O3. The molecule has 3 heterocycles. The Bertz CT molecular complexity index is 1100. The number of amides is 2. The van der Waals surface area contributed by atoms with E-state index in [4.69, 9.17) is 4.74 Å². The molecule has 2 amide bonds. The Kier molecular flexibility index (Phi) is 5.02. The van der Waals surface area contributed by atoms with Gasteiger partial charge in [0.2, 0.25) is 0 Å². The van der Waals surface area contributed by atoms with E-state index in [2.05, 4.69) is 15.4 Å². The van der Waals surface area contributed by atoms with Crippen LogP contribution < -0.4 is 5.32 Å². The summed E-state index contributed by atoms with van der Waals surface area (Å²) < 4.78 is 7.01. The van der Waals surface area contributed by atoms with Crippen LogP contribution in [0.5, 0.6) is 0 Å². The van der Waals surface area contributed by atoms with Crippen LogP contribution in [0.3, 0.4) is 0 Å². The number of benzene rings is 1. The summed E-state index contributed by atoms with van der Waals surface area (Å²) in [5.74, 6) is -0.327. The molecule has 0 aliphatic carbocycles. The number of ether oxygens (including phenoxy) is 1. The third-order valence-electron chi connectivity index (χ3n) is 5.15. The van der Waals surface area contributed by atoms with Gasteiger partial charge in [0, 0.05) is 43.0 Å². The highest BCUT2D eigenvalue weighted by Crippen LogP contribution is 2.20. The smallest absolute Gasteiger partial charge is 0.257 e. The van der Waals surface area contributed by atoms with Crippen molar-refractivity contribution in [2.75, 3.05) is 31.6 Å². The second kappa shape index (κ2) is 7.63. The fourth-order valence-electron chi connectivity index (χ4n) is 3.50. The molecule has 29 heavy (non-hydrogen) atoms. The zero-order chi connectivity index (χ0) is 20.5. The number of nitrogens with zero attached hydrogens (tertiary/aromatic N) is 4. The first kappa shape index (κ1) is 19.1. The number of morpholine rings is 1. The molecule has 0 spiro atoms. The summed E-state index contributed by atoms with van der Waals surface area (Å²) in [6.07, 6.45) is 1.53. The van der Waals surface area contributed by atoms with Gasteiger partial charge in [-0.05, 0) is 37.6 Å². The lowest BCUT2D eigenvalue weighted by Crippen LogP contribution is -2.41. The number of hydrogen-bond acceptors (Lipinski definition) is 5. The molecule has 3 aromatic rings. The normalized spacial score (nSPS) is 14.2. The Hall–Kier alpha value is -3.26. The standard InChI is InChI=1S/C21H23N5O3/c1-13-4-5-16(11-17(13)21(28)26-6-8-29-9-7-26)23-20(27)15-10-18-14(2)24-25(3)19(18)22-12-15/h4-5,10-12H,6-9H2,1-3H3,(H,23,27). The van der Waals surface area contributed by atoms with Crippen molar-refractivity contribution in [3.63, 3.8) is 0 Å². The molecule has 150 valence electrons. The van der Waals surface area contributed by atoms with Crippen molar-refractivity contribution in [2.24, 2.45) is 7.05 Å². The molecule has 0 saturated carbocycles. The maximum atomic E-state index is 12.9. The van der Waals surface area contributed by atoms with E-state index in [1.165, 1.54) is 6.20 Å². The molecule has 1 aliphatic heterocycles. The van der Waals surface area contributed by atoms with Gasteiger partial charge in [-0.2, -0.15) is 5.10 Å². The van der Waals surface area contributed by atoms with E-state index < -0.39 is 0 Å². The van der Waals surface area contributed by atoms with Gasteiger partial charge in [0.1, 0.15) is 0 Å². The van der Waals surface area contributed by atoms with E-state index in [-0.39, 0.29) is 11.8 Å². The highest BCUT2D eigenvalue weighted by molar-refractivity contribution is 6.06. The minimum Gasteiger partial charge on any atom is -0.378 e. The number of carbonyl (C=O) groups is 2. The molecule has 0 unspecified atom stereocenters. The van der Waals surface area contributed by atoms with Crippen LogP contribution in [0.1, 0.15) is 32.0 Å². The van der Waals surface area contributed by atoms with Crippen LogP contribution in [0.4, 0.5) is 5.69 Å². The average Bonchev–Trinajstić information content (AvgIpc) is 3.02. The number of nitrogens with one attached hydrogen (secondary N) is 1. The molecule has 0 bridgehead atoms. The van der Waals surface area contributed by atoms with Crippen molar-refractivity contribution < 1.29 is 14.3 Å². The molecule has 1 aromatic carbocycles. The minimum atomic E-state index is -0.281. The van der Waals surface area contributed by atoms with Gasteiger partial charge >= 0.3 is 0 Å². The number of hydrogen-bond donors (Lipinski definition) is 1. The van der Waals surface area contributed by atoms with Crippen LogP contribution in [-0.2, 0) is 11.8 Å². The lowest BCUT2D eigenvalue weighted by molar-refractivity contribution is 0.0302. The summed E-state index contributed by atoms with van der Waals surface area (Å²) in [6.45, 7) is 6.02. The van der Waals surface area contributed by atoms with Gasteiger partial charge in [-0.3, -0.25) is 14.3 Å². The molecule has 1 aliphatic rings. The molecule has 1 saturated heterocycles. The maximum Gasteiger partial charge on any atom is 0.257 e. The van der Waals surface area contributed by atoms with Crippen molar-refractivity contribution in [1.29, 1.82) is 0 Å². The molecule has 8 nitrogen and oxygen atoms in total. The number of carbonyl (C=O) groups excluding carboxylic acids is 2. The van der Waals surface area contributed by atoms with E-state index >= 15 is 0 Å². The first-order valence-corrected chi connectivity index (χ1v) is 9.52. The van der Waals surface area contributed by atoms with Gasteiger partial charge in [-0.1, -0.05) is 6.07 Å². The topological polar surface area (TPSA) is 89.3 Å². The number of aryl methyl sites for hydroxylation is 3. The third-order valence-corrected chi connectivity index (χ3v) is 5.15. The summed E-state index contributed by atoms with van der Waals surface area (Å²) in [5.41, 5.74) is 4.01. The summed E-state index contributed by atoms with van der Waals surface area (Å²) >= 11 is 0. The van der Waals surface area contributed by atoms with Crippen LogP contribution in [0.15, 0.2) is 30.5 Å². The fraction of sp³-hybridized carbons (Fsp3) is 0.333. The molecule has 0 radical (unpaired) electrons. The SMILES string of the molecule is Cc1ccc(NC(=O)c2cnc3c(c2)c(C)nn3C)cc1C(=O)N1CCOCC1. The molecule has 0 atom stereocenters. The monoisotopic (exact) mass is 393 g/mol. The highest BCUT2D eigenvalue weighted by atomic mass is 16.5. The molecular weight excluding hydrogens is 370 g/mol. The Labute approximate surface area is 168 Å². The van der Waals surface area contributed by atoms with Crippen LogP contribution in [0, 0.1) is 13.8 Å². The van der Waals surface area contributed by atoms with Gasteiger partial charge in [0.05, 0.1) is 24.5 Å². The lowest BCUT2D eigenvalue weighted by atomic mass is 10.1. The quantitative estimate of drug-likeness (QED) is 0.738. The second-order valence-electron chi connectivity index (χ2n) is 7.19. The Morgan fingerprint density at radius 2 is 1.90 bits per heavy atom. The minimum absolute atomic E-state index is 0.0454. The second-order valence-corrected chi connectivity index (χ2v) is 7.19. The Morgan fingerprint density at radius 1 is 1.14 bits per heavy atom.